The van der Waals surface area contributed by atoms with Crippen molar-refractivity contribution in [3.8, 4) is 0 Å². The minimum absolute atomic E-state index is 0.372. The molecular weight excluding hydrogens is 150 g/mol. The van der Waals surface area contributed by atoms with Crippen molar-refractivity contribution in [2.45, 2.75) is 33.8 Å². The summed E-state index contributed by atoms with van der Waals surface area (Å²) in [6, 6.07) is 0. The van der Waals surface area contributed by atoms with Gasteiger partial charge in [-0.15, -0.1) is 0 Å². The zero-order chi connectivity index (χ0) is 9.19. The predicted octanol–water partition coefficient (Wildman–Crippen LogP) is 1.66. The lowest BCUT2D eigenvalue weighted by atomic mass is 9.83. The highest BCUT2D eigenvalue weighted by Crippen LogP contribution is 2.25. The van der Waals surface area contributed by atoms with Gasteiger partial charge in [-0.3, -0.25) is 0 Å². The molecule has 1 rings (SSSR count). The molecule has 1 N–H and O–H groups in total. The van der Waals surface area contributed by atoms with Crippen molar-refractivity contribution in [2.24, 2.45) is 11.3 Å². The minimum Gasteiger partial charge on any atom is -0.375 e. The van der Waals surface area contributed by atoms with Gasteiger partial charge in [0.25, 0.3) is 0 Å². The van der Waals surface area contributed by atoms with Crippen molar-refractivity contribution in [1.82, 2.24) is 5.32 Å². The summed E-state index contributed by atoms with van der Waals surface area (Å²) in [7, 11) is 0. The first-order chi connectivity index (χ1) is 5.50. The van der Waals surface area contributed by atoms with Crippen LogP contribution in [-0.2, 0) is 4.74 Å². The van der Waals surface area contributed by atoms with Crippen molar-refractivity contribution in [3.05, 3.63) is 0 Å². The van der Waals surface area contributed by atoms with Crippen LogP contribution < -0.4 is 5.32 Å². The van der Waals surface area contributed by atoms with Crippen LogP contribution in [0.4, 0.5) is 0 Å². The zero-order valence-corrected chi connectivity index (χ0v) is 8.68. The van der Waals surface area contributed by atoms with Gasteiger partial charge >= 0.3 is 0 Å². The molecule has 0 saturated carbocycles. The summed E-state index contributed by atoms with van der Waals surface area (Å²) in [5, 5.41) is 3.20. The maximum Gasteiger partial charge on any atom is 0.0823 e. The summed E-state index contributed by atoms with van der Waals surface area (Å²) in [5.41, 5.74) is 0.372. The Morgan fingerprint density at radius 1 is 1.42 bits per heavy atom. The van der Waals surface area contributed by atoms with Crippen LogP contribution in [0.15, 0.2) is 0 Å². The van der Waals surface area contributed by atoms with Crippen LogP contribution in [0.3, 0.4) is 0 Å². The first kappa shape index (κ1) is 10.0. The van der Waals surface area contributed by atoms with E-state index in [0.29, 0.717) is 17.4 Å². The van der Waals surface area contributed by atoms with E-state index in [1.807, 2.05) is 0 Å². The molecule has 1 heterocycles. The van der Waals surface area contributed by atoms with Gasteiger partial charge < -0.3 is 10.1 Å². The molecule has 1 fully saturated rings. The summed E-state index contributed by atoms with van der Waals surface area (Å²) in [4.78, 5) is 0. The summed E-state index contributed by atoms with van der Waals surface area (Å²) in [5.74, 6) is 0.637. The Morgan fingerprint density at radius 3 is 2.33 bits per heavy atom. The summed E-state index contributed by atoms with van der Waals surface area (Å²) >= 11 is 0. The lowest BCUT2D eigenvalue weighted by Crippen LogP contribution is -2.49. The highest BCUT2D eigenvalue weighted by Gasteiger charge is 2.23. The Balaban J connectivity index is 2.13. The second-order valence-corrected chi connectivity index (χ2v) is 4.88. The van der Waals surface area contributed by atoms with Gasteiger partial charge in [0, 0.05) is 13.1 Å². The zero-order valence-electron chi connectivity index (χ0n) is 8.68. The normalized spacial score (nSPS) is 22.0. The Hall–Kier alpha value is -0.0800. The van der Waals surface area contributed by atoms with Gasteiger partial charge in [0.1, 0.15) is 0 Å². The third-order valence-electron chi connectivity index (χ3n) is 2.80. The van der Waals surface area contributed by atoms with Crippen LogP contribution in [-0.4, -0.2) is 25.8 Å². The average molecular weight is 171 g/mol. The van der Waals surface area contributed by atoms with Crippen LogP contribution in [0.2, 0.25) is 0 Å². The molecular formula is C10H21NO. The largest absolute Gasteiger partial charge is 0.375 e. The van der Waals surface area contributed by atoms with E-state index in [0.717, 1.165) is 19.7 Å². The standard InChI is InChI=1S/C10H21NO/c1-8(10(2,3)4)7-12-9-5-11-6-9/h8-9,11H,5-7H2,1-4H3. The topological polar surface area (TPSA) is 21.3 Å². The van der Waals surface area contributed by atoms with E-state index < -0.39 is 0 Å². The molecule has 1 aliphatic rings. The van der Waals surface area contributed by atoms with E-state index in [-0.39, 0.29) is 0 Å². The molecule has 1 aliphatic heterocycles. The second-order valence-electron chi connectivity index (χ2n) is 4.88. The lowest BCUT2D eigenvalue weighted by molar-refractivity contribution is -0.0171. The quantitative estimate of drug-likeness (QED) is 0.697. The molecule has 0 radical (unpaired) electrons. The van der Waals surface area contributed by atoms with Crippen LogP contribution in [0.25, 0.3) is 0 Å². The fourth-order valence-electron chi connectivity index (χ4n) is 0.910. The van der Waals surface area contributed by atoms with E-state index in [1.54, 1.807) is 0 Å². The molecule has 0 bridgehead atoms. The van der Waals surface area contributed by atoms with E-state index >= 15 is 0 Å². The number of nitrogens with one attached hydrogen (secondary N) is 1. The van der Waals surface area contributed by atoms with E-state index in [4.69, 9.17) is 4.74 Å². The summed E-state index contributed by atoms with van der Waals surface area (Å²) in [6.45, 7) is 12.0. The highest BCUT2D eigenvalue weighted by atomic mass is 16.5. The molecule has 0 aliphatic carbocycles. The molecule has 1 saturated heterocycles. The van der Waals surface area contributed by atoms with Crippen LogP contribution in [0.1, 0.15) is 27.7 Å². The highest BCUT2D eigenvalue weighted by molar-refractivity contribution is 4.76. The van der Waals surface area contributed by atoms with Crippen LogP contribution in [0.5, 0.6) is 0 Å². The van der Waals surface area contributed by atoms with Crippen LogP contribution >= 0.6 is 0 Å². The molecule has 0 aromatic carbocycles. The third-order valence-corrected chi connectivity index (χ3v) is 2.80. The molecule has 2 nitrogen and oxygen atoms in total. The van der Waals surface area contributed by atoms with Gasteiger partial charge in [-0.1, -0.05) is 27.7 Å². The van der Waals surface area contributed by atoms with Gasteiger partial charge in [-0.05, 0) is 11.3 Å². The van der Waals surface area contributed by atoms with Gasteiger partial charge in [0.2, 0.25) is 0 Å². The average Bonchev–Trinajstić information content (AvgIpc) is 1.81. The maximum absolute atomic E-state index is 5.70. The second kappa shape index (κ2) is 3.75. The van der Waals surface area contributed by atoms with Gasteiger partial charge in [0.05, 0.1) is 12.7 Å². The first-order valence-electron chi connectivity index (χ1n) is 4.82. The van der Waals surface area contributed by atoms with Crippen molar-refractivity contribution in [1.29, 1.82) is 0 Å². The molecule has 0 amide bonds. The fourth-order valence-corrected chi connectivity index (χ4v) is 0.910. The monoisotopic (exact) mass is 171 g/mol. The Bertz CT molecular complexity index is 135. The Morgan fingerprint density at radius 2 is 2.00 bits per heavy atom. The number of hydrogen-bond donors (Lipinski definition) is 1. The third kappa shape index (κ3) is 2.76. The molecule has 12 heavy (non-hydrogen) atoms. The van der Waals surface area contributed by atoms with Crippen molar-refractivity contribution in [2.75, 3.05) is 19.7 Å². The number of ether oxygens (including phenoxy) is 1. The van der Waals surface area contributed by atoms with Crippen molar-refractivity contribution in [3.63, 3.8) is 0 Å². The fraction of sp³-hybridized carbons (Fsp3) is 1.00. The first-order valence-corrected chi connectivity index (χ1v) is 4.82. The van der Waals surface area contributed by atoms with Crippen molar-refractivity contribution >= 4 is 0 Å². The molecule has 1 atom stereocenters. The SMILES string of the molecule is CC(COC1CNC1)C(C)(C)C. The van der Waals surface area contributed by atoms with Gasteiger partial charge in [-0.25, -0.2) is 0 Å². The van der Waals surface area contributed by atoms with E-state index in [2.05, 4.69) is 33.0 Å². The molecule has 72 valence electrons. The Kier molecular flexibility index (Phi) is 3.13. The summed E-state index contributed by atoms with van der Waals surface area (Å²) < 4.78 is 5.70. The molecule has 2 heteroatoms. The molecule has 0 aromatic heterocycles. The molecule has 0 spiro atoms. The van der Waals surface area contributed by atoms with E-state index in [9.17, 15) is 0 Å². The van der Waals surface area contributed by atoms with Gasteiger partial charge in [-0.2, -0.15) is 0 Å². The van der Waals surface area contributed by atoms with Crippen LogP contribution in [0, 0.1) is 11.3 Å². The van der Waals surface area contributed by atoms with Crippen molar-refractivity contribution < 1.29 is 4.74 Å². The lowest BCUT2D eigenvalue weighted by Gasteiger charge is -2.32. The predicted molar refractivity (Wildman–Crippen MR) is 51.2 cm³/mol. The molecule has 1 unspecified atom stereocenters. The Labute approximate surface area is 75.7 Å². The van der Waals surface area contributed by atoms with Gasteiger partial charge in [0.15, 0.2) is 0 Å². The smallest absolute Gasteiger partial charge is 0.0823 e. The number of rotatable bonds is 3. The molecule has 0 aromatic rings. The maximum atomic E-state index is 5.70. The minimum atomic E-state index is 0.372. The number of hydrogen-bond acceptors (Lipinski definition) is 2. The van der Waals surface area contributed by atoms with E-state index in [1.165, 1.54) is 0 Å². The summed E-state index contributed by atoms with van der Waals surface area (Å²) in [6.07, 6.45) is 0.481.